The van der Waals surface area contributed by atoms with Crippen molar-refractivity contribution >= 4 is 0 Å². The number of benzene rings is 6. The van der Waals surface area contributed by atoms with Crippen molar-refractivity contribution < 1.29 is 15.3 Å². The smallest absolute Gasteiger partial charge is 0.164 e. The molecule has 0 aliphatic heterocycles. The Morgan fingerprint density at radius 1 is 0.267 bits per heavy atom. The second-order valence-electron chi connectivity index (χ2n) is 10.6. The Morgan fingerprint density at radius 3 is 0.733 bits per heavy atom. The van der Waals surface area contributed by atoms with Gasteiger partial charge in [-0.3, -0.25) is 0 Å². The fourth-order valence-electron chi connectivity index (χ4n) is 5.45. The average molecular weight is 586 g/mol. The van der Waals surface area contributed by atoms with E-state index >= 15 is 0 Å². The first-order chi connectivity index (χ1) is 22.0. The van der Waals surface area contributed by atoms with Crippen molar-refractivity contribution in [1.82, 2.24) is 15.0 Å². The Kier molecular flexibility index (Phi) is 7.21. The van der Waals surface area contributed by atoms with E-state index < -0.39 is 0 Å². The molecule has 0 fully saturated rings. The molecule has 6 heteroatoms. The summed E-state index contributed by atoms with van der Waals surface area (Å²) in [5.74, 6) is 2.08. The molecule has 45 heavy (non-hydrogen) atoms. The van der Waals surface area contributed by atoms with Gasteiger partial charge in [-0.1, -0.05) is 109 Å². The molecule has 0 radical (unpaired) electrons. The second kappa shape index (κ2) is 11.8. The van der Waals surface area contributed by atoms with E-state index in [1.54, 1.807) is 36.4 Å². The van der Waals surface area contributed by atoms with Gasteiger partial charge in [-0.25, -0.2) is 15.0 Å². The maximum Gasteiger partial charge on any atom is 0.164 e. The third-order valence-corrected chi connectivity index (χ3v) is 7.67. The lowest BCUT2D eigenvalue weighted by Crippen LogP contribution is -2.02. The highest BCUT2D eigenvalue weighted by Gasteiger charge is 2.19. The zero-order valence-electron chi connectivity index (χ0n) is 24.0. The molecule has 1 heterocycles. The largest absolute Gasteiger partial charge is 0.508 e. The number of hydrogen-bond donors (Lipinski definition) is 3. The number of rotatable bonds is 6. The van der Waals surface area contributed by atoms with Crippen LogP contribution in [-0.2, 0) is 0 Å². The molecule has 6 nitrogen and oxygen atoms in total. The summed E-state index contributed by atoms with van der Waals surface area (Å²) in [5.41, 5.74) is 7.95. The van der Waals surface area contributed by atoms with Gasteiger partial charge < -0.3 is 15.3 Å². The van der Waals surface area contributed by atoms with Crippen LogP contribution in [0.3, 0.4) is 0 Å². The minimum absolute atomic E-state index is 0.192. The lowest BCUT2D eigenvalue weighted by Gasteiger charge is -2.15. The van der Waals surface area contributed by atoms with Gasteiger partial charge in [-0.05, 0) is 69.8 Å². The third kappa shape index (κ3) is 5.60. The molecule has 0 unspecified atom stereocenters. The van der Waals surface area contributed by atoms with Gasteiger partial charge in [0.2, 0.25) is 0 Å². The van der Waals surface area contributed by atoms with Crippen LogP contribution in [-0.4, -0.2) is 30.3 Å². The average Bonchev–Trinajstić information content (AvgIpc) is 3.09. The molecule has 0 saturated carbocycles. The monoisotopic (exact) mass is 585 g/mol. The molecule has 0 amide bonds. The predicted molar refractivity (Wildman–Crippen MR) is 177 cm³/mol. The van der Waals surface area contributed by atoms with Crippen molar-refractivity contribution in [3.8, 4) is 84.8 Å². The summed E-state index contributed by atoms with van der Waals surface area (Å²) in [5, 5.41) is 29.8. The van der Waals surface area contributed by atoms with Crippen LogP contribution in [0.15, 0.2) is 146 Å². The van der Waals surface area contributed by atoms with E-state index in [2.05, 4.69) is 0 Å². The quantitative estimate of drug-likeness (QED) is 0.180. The van der Waals surface area contributed by atoms with Crippen molar-refractivity contribution in [3.05, 3.63) is 146 Å². The zero-order valence-corrected chi connectivity index (χ0v) is 24.0. The maximum absolute atomic E-state index is 9.92. The van der Waals surface area contributed by atoms with E-state index in [1.807, 2.05) is 109 Å². The van der Waals surface area contributed by atoms with Gasteiger partial charge in [0.25, 0.3) is 0 Å². The van der Waals surface area contributed by atoms with Crippen LogP contribution in [0.4, 0.5) is 0 Å². The van der Waals surface area contributed by atoms with Crippen molar-refractivity contribution in [1.29, 1.82) is 0 Å². The van der Waals surface area contributed by atoms with E-state index in [1.165, 1.54) is 0 Å². The molecular formula is C39H27N3O3. The predicted octanol–water partition coefficient (Wildman–Crippen LogP) is 8.99. The Hall–Kier alpha value is -6.27. The summed E-state index contributed by atoms with van der Waals surface area (Å²) in [7, 11) is 0. The third-order valence-electron chi connectivity index (χ3n) is 7.67. The standard InChI is InChI=1S/C39H27N3O3/c43-28-19-13-25(14-20-28)31-7-1-4-10-34(31)37-40-38(35-11-5-2-8-32(35)26-15-21-29(44)22-16-26)42-39(41-37)36-12-6-3-9-33(36)27-17-23-30(45)24-18-27/h1-24,43-45H. The van der Waals surface area contributed by atoms with E-state index in [-0.39, 0.29) is 17.2 Å². The van der Waals surface area contributed by atoms with Gasteiger partial charge in [0.15, 0.2) is 17.5 Å². The highest BCUT2D eigenvalue weighted by atomic mass is 16.3. The van der Waals surface area contributed by atoms with Crippen LogP contribution in [0, 0.1) is 0 Å². The first-order valence-corrected chi connectivity index (χ1v) is 14.5. The molecule has 0 bridgehead atoms. The molecule has 7 rings (SSSR count). The molecule has 0 aliphatic rings. The fourth-order valence-corrected chi connectivity index (χ4v) is 5.45. The molecule has 1 aromatic heterocycles. The van der Waals surface area contributed by atoms with Gasteiger partial charge in [0.1, 0.15) is 17.2 Å². The Balaban J connectivity index is 1.48. The summed E-state index contributed by atoms with van der Waals surface area (Å²) in [6, 6.07) is 45.0. The SMILES string of the molecule is Oc1ccc(-c2ccccc2-c2nc(-c3ccccc3-c3ccc(O)cc3)nc(-c3ccccc3-c3ccc(O)cc3)n2)cc1. The highest BCUT2D eigenvalue weighted by Crippen LogP contribution is 2.37. The van der Waals surface area contributed by atoms with Crippen LogP contribution in [0.1, 0.15) is 0 Å². The van der Waals surface area contributed by atoms with Crippen molar-refractivity contribution in [2.45, 2.75) is 0 Å². The highest BCUT2D eigenvalue weighted by molar-refractivity contribution is 5.86. The van der Waals surface area contributed by atoms with E-state index in [0.717, 1.165) is 50.1 Å². The minimum atomic E-state index is 0.192. The number of phenols is 3. The van der Waals surface area contributed by atoms with Gasteiger partial charge in [0, 0.05) is 16.7 Å². The molecule has 6 aromatic carbocycles. The summed E-state index contributed by atoms with van der Waals surface area (Å²) < 4.78 is 0. The normalized spacial score (nSPS) is 10.9. The molecule has 0 atom stereocenters. The van der Waals surface area contributed by atoms with Crippen molar-refractivity contribution in [2.75, 3.05) is 0 Å². The minimum Gasteiger partial charge on any atom is -0.508 e. The van der Waals surface area contributed by atoms with Gasteiger partial charge in [-0.2, -0.15) is 0 Å². The summed E-state index contributed by atoms with van der Waals surface area (Å²) in [6.45, 7) is 0. The number of nitrogens with zero attached hydrogens (tertiary/aromatic N) is 3. The van der Waals surface area contributed by atoms with Crippen LogP contribution in [0.5, 0.6) is 17.2 Å². The number of aromatic hydroxyl groups is 3. The summed E-state index contributed by atoms with van der Waals surface area (Å²) in [6.07, 6.45) is 0. The lowest BCUT2D eigenvalue weighted by atomic mass is 9.97. The fraction of sp³-hybridized carbons (Fsp3) is 0. The number of hydrogen-bond acceptors (Lipinski definition) is 6. The van der Waals surface area contributed by atoms with E-state index in [9.17, 15) is 15.3 Å². The second-order valence-corrected chi connectivity index (χ2v) is 10.6. The van der Waals surface area contributed by atoms with Crippen molar-refractivity contribution in [2.24, 2.45) is 0 Å². The topological polar surface area (TPSA) is 99.4 Å². The number of phenolic OH excluding ortho intramolecular Hbond substituents is 3. The molecular weight excluding hydrogens is 558 g/mol. The van der Waals surface area contributed by atoms with Gasteiger partial charge in [-0.15, -0.1) is 0 Å². The Labute approximate surface area is 260 Å². The Morgan fingerprint density at radius 2 is 0.489 bits per heavy atom. The molecule has 0 spiro atoms. The lowest BCUT2D eigenvalue weighted by molar-refractivity contribution is 0.475. The van der Waals surface area contributed by atoms with Crippen LogP contribution in [0.25, 0.3) is 67.5 Å². The number of aromatic nitrogens is 3. The first-order valence-electron chi connectivity index (χ1n) is 14.5. The van der Waals surface area contributed by atoms with Gasteiger partial charge >= 0.3 is 0 Å². The van der Waals surface area contributed by atoms with E-state index in [4.69, 9.17) is 15.0 Å². The van der Waals surface area contributed by atoms with E-state index in [0.29, 0.717) is 17.5 Å². The van der Waals surface area contributed by atoms with Crippen molar-refractivity contribution in [3.63, 3.8) is 0 Å². The summed E-state index contributed by atoms with van der Waals surface area (Å²) >= 11 is 0. The van der Waals surface area contributed by atoms with Crippen LogP contribution >= 0.6 is 0 Å². The molecule has 0 saturated heterocycles. The molecule has 216 valence electrons. The Bertz CT molecular complexity index is 1870. The van der Waals surface area contributed by atoms with Crippen LogP contribution < -0.4 is 0 Å². The molecule has 0 aliphatic carbocycles. The zero-order chi connectivity index (χ0) is 30.8. The molecule has 3 N–H and O–H groups in total. The van der Waals surface area contributed by atoms with Crippen LogP contribution in [0.2, 0.25) is 0 Å². The van der Waals surface area contributed by atoms with Gasteiger partial charge in [0.05, 0.1) is 0 Å². The maximum atomic E-state index is 9.92. The molecule has 7 aromatic rings. The first kappa shape index (κ1) is 27.6. The summed E-state index contributed by atoms with van der Waals surface area (Å²) in [4.78, 5) is 15.2.